The first-order chi connectivity index (χ1) is 8.11. The zero-order chi connectivity index (χ0) is 12.3. The van der Waals surface area contributed by atoms with E-state index in [4.69, 9.17) is 14.6 Å². The van der Waals surface area contributed by atoms with Crippen LogP contribution in [0.4, 0.5) is 0 Å². The van der Waals surface area contributed by atoms with Crippen molar-refractivity contribution in [1.29, 1.82) is 0 Å². The predicted octanol–water partition coefficient (Wildman–Crippen LogP) is 0.548. The molecule has 2 saturated heterocycles. The Kier molecular flexibility index (Phi) is 4.17. The highest BCUT2D eigenvalue weighted by Crippen LogP contribution is 2.34. The summed E-state index contributed by atoms with van der Waals surface area (Å²) in [6, 6.07) is 0. The zero-order valence-electron chi connectivity index (χ0n) is 9.72. The molecule has 2 heterocycles. The Balaban J connectivity index is 1.88. The van der Waals surface area contributed by atoms with Gasteiger partial charge in [0.25, 0.3) is 0 Å². The van der Waals surface area contributed by atoms with E-state index in [1.807, 2.05) is 0 Å². The van der Waals surface area contributed by atoms with Crippen LogP contribution in [0, 0.1) is 0 Å². The lowest BCUT2D eigenvalue weighted by atomic mass is 9.93. The van der Waals surface area contributed by atoms with Gasteiger partial charge in [0.05, 0.1) is 18.6 Å². The van der Waals surface area contributed by atoms with Crippen molar-refractivity contribution in [2.75, 3.05) is 25.6 Å². The second-order valence-corrected chi connectivity index (χ2v) is 6.51. The zero-order valence-corrected chi connectivity index (χ0v) is 10.5. The summed E-state index contributed by atoms with van der Waals surface area (Å²) in [5.74, 6) is -0.638. The third kappa shape index (κ3) is 3.26. The smallest absolute Gasteiger partial charge is 0.304 e. The maximum Gasteiger partial charge on any atom is 0.304 e. The largest absolute Gasteiger partial charge is 0.481 e. The van der Waals surface area contributed by atoms with Gasteiger partial charge in [-0.1, -0.05) is 0 Å². The van der Waals surface area contributed by atoms with E-state index in [-0.39, 0.29) is 23.0 Å². The summed E-state index contributed by atoms with van der Waals surface area (Å²) in [7, 11) is -1.07. The van der Waals surface area contributed by atoms with Crippen molar-refractivity contribution in [2.45, 2.75) is 36.5 Å². The Morgan fingerprint density at radius 3 is 2.94 bits per heavy atom. The van der Waals surface area contributed by atoms with Crippen molar-refractivity contribution >= 4 is 16.8 Å². The number of ether oxygens (including phenoxy) is 2. The van der Waals surface area contributed by atoms with E-state index in [1.165, 1.54) is 0 Å². The number of carboxylic acids is 1. The summed E-state index contributed by atoms with van der Waals surface area (Å²) < 4.78 is 23.1. The standard InChI is InChI=1S/C11H18O5S/c12-10(13)2-6-17(14)9-1-4-16-11(7-9)3-5-15-8-11/h9H,1-8H2,(H,12,13). The lowest BCUT2D eigenvalue weighted by Gasteiger charge is -2.36. The summed E-state index contributed by atoms with van der Waals surface area (Å²) in [5.41, 5.74) is -0.248. The number of rotatable bonds is 4. The number of hydrogen-bond acceptors (Lipinski definition) is 4. The van der Waals surface area contributed by atoms with Crippen LogP contribution in [0.25, 0.3) is 0 Å². The fraction of sp³-hybridized carbons (Fsp3) is 0.909. The van der Waals surface area contributed by atoms with Gasteiger partial charge in [-0.2, -0.15) is 0 Å². The minimum Gasteiger partial charge on any atom is -0.481 e. The first-order valence-corrected chi connectivity index (χ1v) is 7.30. The summed E-state index contributed by atoms with van der Waals surface area (Å²) >= 11 is 0. The number of hydrogen-bond donors (Lipinski definition) is 1. The fourth-order valence-electron chi connectivity index (χ4n) is 2.43. The van der Waals surface area contributed by atoms with Gasteiger partial charge in [-0.25, -0.2) is 0 Å². The van der Waals surface area contributed by atoms with Crippen LogP contribution in [0.15, 0.2) is 0 Å². The minimum absolute atomic E-state index is 0.0204. The van der Waals surface area contributed by atoms with Gasteiger partial charge in [0, 0.05) is 41.4 Å². The van der Waals surface area contributed by atoms with Gasteiger partial charge in [-0.3, -0.25) is 9.00 Å². The van der Waals surface area contributed by atoms with Crippen LogP contribution in [0.5, 0.6) is 0 Å². The van der Waals surface area contributed by atoms with Gasteiger partial charge >= 0.3 is 5.97 Å². The molecule has 1 N–H and O–H groups in total. The van der Waals surface area contributed by atoms with E-state index in [0.29, 0.717) is 19.8 Å². The Morgan fingerprint density at radius 1 is 1.47 bits per heavy atom. The van der Waals surface area contributed by atoms with E-state index in [9.17, 15) is 9.00 Å². The van der Waals surface area contributed by atoms with Crippen LogP contribution in [0.2, 0.25) is 0 Å². The molecule has 3 atom stereocenters. The Hall–Kier alpha value is -0.460. The van der Waals surface area contributed by atoms with Crippen molar-refractivity contribution in [3.05, 3.63) is 0 Å². The quantitative estimate of drug-likeness (QED) is 0.801. The normalized spacial score (nSPS) is 34.9. The molecule has 6 heteroatoms. The number of aliphatic carboxylic acids is 1. The average Bonchev–Trinajstić information content (AvgIpc) is 2.74. The van der Waals surface area contributed by atoms with Crippen LogP contribution < -0.4 is 0 Å². The number of carbonyl (C=O) groups is 1. The summed E-state index contributed by atoms with van der Waals surface area (Å²) in [5, 5.41) is 8.65. The monoisotopic (exact) mass is 262 g/mol. The molecule has 0 radical (unpaired) electrons. The minimum atomic E-state index is -1.07. The van der Waals surface area contributed by atoms with Crippen LogP contribution in [0.3, 0.4) is 0 Å². The van der Waals surface area contributed by atoms with Crippen LogP contribution in [-0.4, -0.2) is 51.7 Å². The SMILES string of the molecule is O=C(O)CCS(=O)C1CCOC2(CCOC2)C1. The molecular weight excluding hydrogens is 244 g/mol. The first-order valence-electron chi connectivity index (χ1n) is 5.92. The molecule has 2 aliphatic heterocycles. The lowest BCUT2D eigenvalue weighted by molar-refractivity contribution is -0.136. The maximum atomic E-state index is 12.0. The molecule has 0 aliphatic carbocycles. The molecule has 0 saturated carbocycles. The molecule has 0 aromatic rings. The van der Waals surface area contributed by atoms with Gasteiger partial charge in [0.15, 0.2) is 0 Å². The van der Waals surface area contributed by atoms with Gasteiger partial charge in [0.2, 0.25) is 0 Å². The topological polar surface area (TPSA) is 72.8 Å². The number of carboxylic acid groups (broad SMARTS) is 1. The highest BCUT2D eigenvalue weighted by atomic mass is 32.2. The first kappa shape index (κ1) is 13.0. The van der Waals surface area contributed by atoms with Crippen LogP contribution in [-0.2, 0) is 25.1 Å². The molecule has 0 aromatic carbocycles. The van der Waals surface area contributed by atoms with Crippen molar-refractivity contribution in [2.24, 2.45) is 0 Å². The molecule has 0 aromatic heterocycles. The Morgan fingerprint density at radius 2 is 2.29 bits per heavy atom. The Labute approximate surface area is 103 Å². The lowest BCUT2D eigenvalue weighted by Crippen LogP contribution is -2.44. The summed E-state index contributed by atoms with van der Waals surface area (Å²) in [6.07, 6.45) is 2.33. The summed E-state index contributed by atoms with van der Waals surface area (Å²) in [4.78, 5) is 10.5. The molecule has 3 unspecified atom stereocenters. The molecular formula is C11H18O5S. The van der Waals surface area contributed by atoms with E-state index >= 15 is 0 Å². The molecule has 5 nitrogen and oxygen atoms in total. The fourth-order valence-corrected chi connectivity index (χ4v) is 3.98. The molecule has 1 spiro atoms. The second-order valence-electron chi connectivity index (χ2n) is 4.68. The molecule has 17 heavy (non-hydrogen) atoms. The van der Waals surface area contributed by atoms with E-state index in [1.54, 1.807) is 0 Å². The molecule has 2 aliphatic rings. The van der Waals surface area contributed by atoms with E-state index in [0.717, 1.165) is 19.3 Å². The van der Waals surface area contributed by atoms with Gasteiger partial charge in [0.1, 0.15) is 0 Å². The van der Waals surface area contributed by atoms with Crippen LogP contribution in [0.1, 0.15) is 25.7 Å². The third-order valence-corrected chi connectivity index (χ3v) is 5.16. The highest BCUT2D eigenvalue weighted by Gasteiger charge is 2.42. The molecule has 0 bridgehead atoms. The Bertz CT molecular complexity index is 311. The average molecular weight is 262 g/mol. The van der Waals surface area contributed by atoms with E-state index in [2.05, 4.69) is 0 Å². The van der Waals surface area contributed by atoms with Gasteiger partial charge in [-0.05, 0) is 12.8 Å². The van der Waals surface area contributed by atoms with Crippen molar-refractivity contribution < 1.29 is 23.6 Å². The van der Waals surface area contributed by atoms with Gasteiger partial charge < -0.3 is 14.6 Å². The maximum absolute atomic E-state index is 12.0. The molecule has 2 rings (SSSR count). The van der Waals surface area contributed by atoms with Crippen LogP contribution >= 0.6 is 0 Å². The summed E-state index contributed by atoms with van der Waals surface area (Å²) in [6.45, 7) is 1.89. The predicted molar refractivity (Wildman–Crippen MR) is 62.4 cm³/mol. The molecule has 98 valence electrons. The molecule has 2 fully saturated rings. The molecule has 0 amide bonds. The van der Waals surface area contributed by atoms with Crippen molar-refractivity contribution in [3.8, 4) is 0 Å². The van der Waals surface area contributed by atoms with Crippen molar-refractivity contribution in [3.63, 3.8) is 0 Å². The van der Waals surface area contributed by atoms with Gasteiger partial charge in [-0.15, -0.1) is 0 Å². The highest BCUT2D eigenvalue weighted by molar-refractivity contribution is 7.85. The van der Waals surface area contributed by atoms with E-state index < -0.39 is 16.8 Å². The third-order valence-electron chi connectivity index (χ3n) is 3.40. The second kappa shape index (κ2) is 5.46. The van der Waals surface area contributed by atoms with Crippen molar-refractivity contribution in [1.82, 2.24) is 0 Å².